The average molecular weight is 516 g/mol. The first-order valence-electron chi connectivity index (χ1n) is 10.5. The monoisotopic (exact) mass is 516 g/mol. The average Bonchev–Trinajstić information content (AvgIpc) is 3.53. The Morgan fingerprint density at radius 1 is 1.31 bits per heavy atom. The first kappa shape index (κ1) is 24.4. The van der Waals surface area contributed by atoms with E-state index < -0.39 is 0 Å². The number of halogens is 1. The van der Waals surface area contributed by atoms with Crippen molar-refractivity contribution in [2.24, 2.45) is 4.99 Å². The van der Waals surface area contributed by atoms with E-state index in [1.807, 2.05) is 7.05 Å². The summed E-state index contributed by atoms with van der Waals surface area (Å²) in [6.45, 7) is 10.5. The Kier molecular flexibility index (Phi) is 10.1. The highest BCUT2D eigenvalue weighted by atomic mass is 127. The maximum atomic E-state index is 6.09. The molecular weight excluding hydrogens is 479 g/mol. The minimum Gasteiger partial charge on any atom is -0.383 e. The van der Waals surface area contributed by atoms with Gasteiger partial charge in [-0.05, 0) is 37.8 Å². The quantitative estimate of drug-likeness (QED) is 0.327. The summed E-state index contributed by atoms with van der Waals surface area (Å²) in [6.07, 6.45) is 2.73. The van der Waals surface area contributed by atoms with E-state index in [9.17, 15) is 0 Å². The third-order valence-corrected chi connectivity index (χ3v) is 5.68. The Morgan fingerprint density at radius 3 is 2.76 bits per heavy atom. The van der Waals surface area contributed by atoms with Gasteiger partial charge < -0.3 is 19.7 Å². The molecule has 1 aromatic carbocycles. The van der Waals surface area contributed by atoms with Crippen molar-refractivity contribution in [3.05, 3.63) is 34.9 Å². The fourth-order valence-corrected chi connectivity index (χ4v) is 3.99. The van der Waals surface area contributed by atoms with Crippen molar-refractivity contribution in [1.82, 2.24) is 15.1 Å². The van der Waals surface area contributed by atoms with E-state index in [-0.39, 0.29) is 30.1 Å². The number of aliphatic imine (C=N–C) groups is 1. The zero-order valence-corrected chi connectivity index (χ0v) is 20.6. The lowest BCUT2D eigenvalue weighted by molar-refractivity contribution is -0.00835. The standard InChI is InChI=1S/C22H36N4O2.HI/c1-17-5-8-20(18(2)15-17)21-16-26(12-14-28-21)22(23-3)24-9-10-25(11-13-27-4)19-6-7-19;/h5,8,15,19,21H,6-7,9-14,16H2,1-4H3,(H,23,24);1H. The van der Waals surface area contributed by atoms with Crippen LogP contribution in [0.15, 0.2) is 23.2 Å². The SMILES string of the molecule is CN=C(NCCN(CCOC)C1CC1)N1CCOC(c2ccc(C)cc2C)C1.I. The molecule has 1 aromatic rings. The van der Waals surface area contributed by atoms with E-state index in [1.54, 1.807) is 7.11 Å². The predicted molar refractivity (Wildman–Crippen MR) is 129 cm³/mol. The predicted octanol–water partition coefficient (Wildman–Crippen LogP) is 2.98. The molecule has 2 aliphatic rings. The van der Waals surface area contributed by atoms with Crippen LogP contribution >= 0.6 is 24.0 Å². The lowest BCUT2D eigenvalue weighted by Gasteiger charge is -2.36. The summed E-state index contributed by atoms with van der Waals surface area (Å²) < 4.78 is 11.3. The van der Waals surface area contributed by atoms with Crippen LogP contribution in [0.3, 0.4) is 0 Å². The number of morpholine rings is 1. The molecule has 1 unspecified atom stereocenters. The summed E-state index contributed by atoms with van der Waals surface area (Å²) in [6, 6.07) is 7.36. The highest BCUT2D eigenvalue weighted by molar-refractivity contribution is 14.0. The van der Waals surface area contributed by atoms with E-state index in [0.29, 0.717) is 0 Å². The molecule has 164 valence electrons. The molecule has 0 radical (unpaired) electrons. The maximum Gasteiger partial charge on any atom is 0.193 e. The van der Waals surface area contributed by atoms with Crippen molar-refractivity contribution in [3.8, 4) is 0 Å². The first-order valence-corrected chi connectivity index (χ1v) is 10.5. The van der Waals surface area contributed by atoms with Gasteiger partial charge in [0.2, 0.25) is 0 Å². The van der Waals surface area contributed by atoms with Gasteiger partial charge in [0, 0.05) is 46.4 Å². The van der Waals surface area contributed by atoms with Gasteiger partial charge in [0.05, 0.1) is 19.8 Å². The highest BCUT2D eigenvalue weighted by Gasteiger charge is 2.29. The molecule has 0 spiro atoms. The van der Waals surface area contributed by atoms with E-state index in [1.165, 1.54) is 29.5 Å². The maximum absolute atomic E-state index is 6.09. The molecule has 6 nitrogen and oxygen atoms in total. The van der Waals surface area contributed by atoms with E-state index in [0.717, 1.165) is 57.9 Å². The second kappa shape index (κ2) is 12.1. The van der Waals surface area contributed by atoms with Crippen molar-refractivity contribution in [3.63, 3.8) is 0 Å². The molecule has 1 aliphatic heterocycles. The number of rotatable bonds is 8. The number of aryl methyl sites for hydroxylation is 2. The number of hydrogen-bond donors (Lipinski definition) is 1. The van der Waals surface area contributed by atoms with E-state index >= 15 is 0 Å². The summed E-state index contributed by atoms with van der Waals surface area (Å²) in [5.74, 6) is 0.973. The molecule has 0 aromatic heterocycles. The number of hydrogen-bond acceptors (Lipinski definition) is 4. The first-order chi connectivity index (χ1) is 13.6. The fraction of sp³-hybridized carbons (Fsp3) is 0.682. The number of benzene rings is 1. The third-order valence-electron chi connectivity index (χ3n) is 5.68. The van der Waals surface area contributed by atoms with Gasteiger partial charge in [-0.2, -0.15) is 0 Å². The molecule has 1 heterocycles. The molecule has 1 atom stereocenters. The van der Waals surface area contributed by atoms with Crippen molar-refractivity contribution >= 4 is 29.9 Å². The minimum atomic E-state index is 0. The normalized spacial score (nSPS) is 20.0. The van der Waals surface area contributed by atoms with Gasteiger partial charge in [0.15, 0.2) is 5.96 Å². The summed E-state index contributed by atoms with van der Waals surface area (Å²) >= 11 is 0. The number of nitrogens with zero attached hydrogens (tertiary/aromatic N) is 3. The number of ether oxygens (including phenoxy) is 2. The Labute approximate surface area is 193 Å². The second-order valence-corrected chi connectivity index (χ2v) is 7.90. The molecule has 2 fully saturated rings. The Morgan fingerprint density at radius 2 is 2.10 bits per heavy atom. The van der Waals surface area contributed by atoms with Crippen LogP contribution in [0.1, 0.15) is 35.6 Å². The smallest absolute Gasteiger partial charge is 0.193 e. The van der Waals surface area contributed by atoms with Crippen LogP contribution in [-0.4, -0.2) is 81.9 Å². The molecule has 0 amide bonds. The lowest BCUT2D eigenvalue weighted by atomic mass is 10.00. The van der Waals surface area contributed by atoms with Crippen LogP contribution in [0.5, 0.6) is 0 Å². The Hall–Kier alpha value is -0.900. The Bertz CT molecular complexity index is 666. The number of methoxy groups -OCH3 is 1. The van der Waals surface area contributed by atoms with Crippen LogP contribution in [0, 0.1) is 13.8 Å². The molecule has 0 bridgehead atoms. The molecular formula is C22H37IN4O2. The fourth-order valence-electron chi connectivity index (χ4n) is 3.99. The topological polar surface area (TPSA) is 49.3 Å². The molecule has 1 aliphatic carbocycles. The lowest BCUT2D eigenvalue weighted by Crippen LogP contribution is -2.49. The van der Waals surface area contributed by atoms with Crippen LogP contribution in [0.25, 0.3) is 0 Å². The van der Waals surface area contributed by atoms with Gasteiger partial charge in [-0.25, -0.2) is 0 Å². The summed E-state index contributed by atoms with van der Waals surface area (Å²) in [7, 11) is 3.64. The summed E-state index contributed by atoms with van der Waals surface area (Å²) in [5.41, 5.74) is 3.87. The summed E-state index contributed by atoms with van der Waals surface area (Å²) in [5, 5.41) is 3.56. The molecule has 29 heavy (non-hydrogen) atoms. The number of nitrogens with one attached hydrogen (secondary N) is 1. The van der Waals surface area contributed by atoms with Crippen molar-refractivity contribution in [2.45, 2.75) is 38.8 Å². The van der Waals surface area contributed by atoms with E-state index in [2.05, 4.69) is 52.2 Å². The van der Waals surface area contributed by atoms with Gasteiger partial charge in [0.25, 0.3) is 0 Å². The molecule has 1 N–H and O–H groups in total. The van der Waals surface area contributed by atoms with Gasteiger partial charge in [0.1, 0.15) is 6.10 Å². The zero-order chi connectivity index (χ0) is 19.9. The third kappa shape index (κ3) is 7.08. The zero-order valence-electron chi connectivity index (χ0n) is 18.3. The van der Waals surface area contributed by atoms with Gasteiger partial charge >= 0.3 is 0 Å². The van der Waals surface area contributed by atoms with Crippen LogP contribution < -0.4 is 5.32 Å². The largest absolute Gasteiger partial charge is 0.383 e. The molecule has 1 saturated heterocycles. The van der Waals surface area contributed by atoms with Crippen LogP contribution in [0.2, 0.25) is 0 Å². The van der Waals surface area contributed by atoms with Crippen LogP contribution in [-0.2, 0) is 9.47 Å². The molecule has 1 saturated carbocycles. The Balaban J connectivity index is 0.00000300. The minimum absolute atomic E-state index is 0. The van der Waals surface area contributed by atoms with Crippen molar-refractivity contribution in [2.75, 3.05) is 60.1 Å². The highest BCUT2D eigenvalue weighted by Crippen LogP contribution is 2.27. The van der Waals surface area contributed by atoms with Gasteiger partial charge in [-0.1, -0.05) is 23.8 Å². The molecule has 3 rings (SSSR count). The van der Waals surface area contributed by atoms with E-state index in [4.69, 9.17) is 9.47 Å². The summed E-state index contributed by atoms with van der Waals surface area (Å²) in [4.78, 5) is 9.38. The number of guanidine groups is 1. The second-order valence-electron chi connectivity index (χ2n) is 7.90. The van der Waals surface area contributed by atoms with Crippen molar-refractivity contribution < 1.29 is 9.47 Å². The van der Waals surface area contributed by atoms with Crippen molar-refractivity contribution in [1.29, 1.82) is 0 Å². The van der Waals surface area contributed by atoms with Gasteiger partial charge in [-0.3, -0.25) is 9.89 Å². The van der Waals surface area contributed by atoms with Gasteiger partial charge in [-0.15, -0.1) is 24.0 Å². The van der Waals surface area contributed by atoms with Crippen LogP contribution in [0.4, 0.5) is 0 Å². The molecule has 7 heteroatoms.